The minimum Gasteiger partial charge on any atom is -0.491 e. The van der Waals surface area contributed by atoms with Gasteiger partial charge >= 0.3 is 0 Å². The second-order valence-corrected chi connectivity index (χ2v) is 9.51. The van der Waals surface area contributed by atoms with Gasteiger partial charge in [0.25, 0.3) is 0 Å². The molecule has 2 fully saturated rings. The molecule has 0 radical (unpaired) electrons. The van der Waals surface area contributed by atoms with Gasteiger partial charge < -0.3 is 34.6 Å². The average molecular weight is 477 g/mol. The van der Waals surface area contributed by atoms with Crippen LogP contribution in [0, 0.1) is 0 Å². The summed E-state index contributed by atoms with van der Waals surface area (Å²) in [4.78, 5) is 0. The van der Waals surface area contributed by atoms with Gasteiger partial charge in [0.15, 0.2) is 0 Å². The van der Waals surface area contributed by atoms with Crippen LogP contribution in [0.25, 0.3) is 0 Å². The maximum absolute atomic E-state index is 11.0. The lowest BCUT2D eigenvalue weighted by atomic mass is 9.84. The molecule has 33 heavy (non-hydrogen) atoms. The molecular weight excluding hydrogens is 448 g/mol. The van der Waals surface area contributed by atoms with Gasteiger partial charge in [-0.05, 0) is 47.9 Å². The van der Waals surface area contributed by atoms with Crippen molar-refractivity contribution in [1.29, 1.82) is 0 Å². The van der Waals surface area contributed by atoms with Crippen molar-refractivity contribution in [3.05, 3.63) is 63.2 Å². The molecule has 3 aliphatic rings. The van der Waals surface area contributed by atoms with E-state index in [4.69, 9.17) is 25.8 Å². The van der Waals surface area contributed by atoms with Crippen LogP contribution in [0.3, 0.4) is 0 Å². The quantitative estimate of drug-likeness (QED) is 0.505. The Morgan fingerprint density at radius 2 is 1.85 bits per heavy atom. The Morgan fingerprint density at radius 3 is 2.48 bits per heavy atom. The molecule has 5 rings (SSSR count). The van der Waals surface area contributed by atoms with Crippen LogP contribution in [-0.2, 0) is 28.1 Å². The van der Waals surface area contributed by atoms with Gasteiger partial charge in [0.1, 0.15) is 30.2 Å². The summed E-state index contributed by atoms with van der Waals surface area (Å²) in [6.45, 7) is -0.144. The van der Waals surface area contributed by atoms with Crippen molar-refractivity contribution in [3.63, 3.8) is 0 Å². The topological polar surface area (TPSA) is 109 Å². The van der Waals surface area contributed by atoms with Crippen LogP contribution in [0.5, 0.6) is 5.75 Å². The lowest BCUT2D eigenvalue weighted by Crippen LogP contribution is -2.64. The molecule has 5 atom stereocenters. The van der Waals surface area contributed by atoms with E-state index in [9.17, 15) is 20.4 Å². The minimum absolute atomic E-state index is 0.409. The molecule has 178 valence electrons. The Labute approximate surface area is 197 Å². The third kappa shape index (κ3) is 3.86. The van der Waals surface area contributed by atoms with Crippen LogP contribution in [0.15, 0.2) is 30.3 Å². The highest BCUT2D eigenvalue weighted by molar-refractivity contribution is 6.33. The van der Waals surface area contributed by atoms with E-state index in [-0.39, 0.29) is 0 Å². The number of ether oxygens (including phenoxy) is 3. The van der Waals surface area contributed by atoms with Crippen molar-refractivity contribution in [3.8, 4) is 5.75 Å². The molecule has 2 aromatic rings. The molecule has 7 nitrogen and oxygen atoms in total. The summed E-state index contributed by atoms with van der Waals surface area (Å²) in [7, 11) is 1.36. The predicted octanol–water partition coefficient (Wildman–Crippen LogP) is 2.02. The monoisotopic (exact) mass is 476 g/mol. The smallest absolute Gasteiger partial charge is 0.225 e. The van der Waals surface area contributed by atoms with Gasteiger partial charge in [0, 0.05) is 24.7 Å². The largest absolute Gasteiger partial charge is 0.491 e. The SMILES string of the molecule is CO[C@@]1(c2cc(Cc3ccc(C4CC4)cc3)c(Cl)c3c2CCO3)O[C@H](CO)C(O)C(O)C1O. The van der Waals surface area contributed by atoms with E-state index in [1.165, 1.54) is 25.5 Å². The normalized spacial score (nSPS) is 31.3. The van der Waals surface area contributed by atoms with Crippen molar-refractivity contribution >= 4 is 11.6 Å². The van der Waals surface area contributed by atoms with Crippen molar-refractivity contribution < 1.29 is 34.6 Å². The maximum atomic E-state index is 11.0. The Kier molecular flexibility index (Phi) is 6.16. The van der Waals surface area contributed by atoms with Gasteiger partial charge in [-0.2, -0.15) is 0 Å². The number of aliphatic hydroxyl groups excluding tert-OH is 4. The van der Waals surface area contributed by atoms with E-state index in [2.05, 4.69) is 24.3 Å². The number of methoxy groups -OCH3 is 1. The summed E-state index contributed by atoms with van der Waals surface area (Å²) < 4.78 is 17.5. The summed E-state index contributed by atoms with van der Waals surface area (Å²) in [5, 5.41) is 42.0. The van der Waals surface area contributed by atoms with Crippen LogP contribution in [0.4, 0.5) is 0 Å². The van der Waals surface area contributed by atoms with Crippen LogP contribution in [-0.4, -0.2) is 65.2 Å². The Balaban J connectivity index is 1.57. The molecule has 2 heterocycles. The predicted molar refractivity (Wildman–Crippen MR) is 121 cm³/mol. The zero-order valence-corrected chi connectivity index (χ0v) is 19.2. The number of aliphatic hydroxyl groups is 4. The molecule has 0 bridgehead atoms. The molecule has 0 aromatic heterocycles. The number of hydrogen-bond acceptors (Lipinski definition) is 7. The van der Waals surface area contributed by atoms with Gasteiger partial charge in [-0.3, -0.25) is 0 Å². The highest BCUT2D eigenvalue weighted by atomic mass is 35.5. The standard InChI is InChI=1S/C25H29ClO7/c1-31-25(24(30)22(29)21(28)19(12-27)33-25)18-11-16(20(26)23-17(18)8-9-32-23)10-13-2-4-14(5-3-13)15-6-7-15/h2-5,11,15,19,21-22,24,27-30H,6-10,12H2,1H3/t19-,21?,22?,24?,25+/m1/s1. The van der Waals surface area contributed by atoms with Gasteiger partial charge in [-0.15, -0.1) is 0 Å². The summed E-state index contributed by atoms with van der Waals surface area (Å²) in [5.41, 5.74) is 4.38. The van der Waals surface area contributed by atoms with E-state index >= 15 is 0 Å². The van der Waals surface area contributed by atoms with E-state index < -0.39 is 36.8 Å². The molecule has 3 unspecified atom stereocenters. The lowest BCUT2D eigenvalue weighted by Gasteiger charge is -2.48. The van der Waals surface area contributed by atoms with Crippen molar-refractivity contribution in [2.75, 3.05) is 20.3 Å². The molecule has 1 aliphatic carbocycles. The minimum atomic E-state index is -1.81. The van der Waals surface area contributed by atoms with Crippen molar-refractivity contribution in [2.45, 2.75) is 61.8 Å². The van der Waals surface area contributed by atoms with Crippen molar-refractivity contribution in [1.82, 2.24) is 0 Å². The molecule has 4 N–H and O–H groups in total. The molecule has 0 amide bonds. The zero-order valence-electron chi connectivity index (χ0n) is 18.4. The van der Waals surface area contributed by atoms with Crippen LogP contribution in [0.2, 0.25) is 5.02 Å². The Morgan fingerprint density at radius 1 is 1.12 bits per heavy atom. The first-order chi connectivity index (χ1) is 15.9. The van der Waals surface area contributed by atoms with Crippen LogP contribution < -0.4 is 4.74 Å². The highest BCUT2D eigenvalue weighted by Crippen LogP contribution is 2.48. The highest BCUT2D eigenvalue weighted by Gasteiger charge is 2.56. The average Bonchev–Trinajstić information content (AvgIpc) is 3.56. The van der Waals surface area contributed by atoms with Gasteiger partial charge in [0.05, 0.1) is 18.2 Å². The summed E-state index contributed by atoms with van der Waals surface area (Å²) in [6.07, 6.45) is -2.26. The van der Waals surface area contributed by atoms with Gasteiger partial charge in [0.2, 0.25) is 5.79 Å². The third-order valence-corrected chi connectivity index (χ3v) is 7.46. The fourth-order valence-corrected chi connectivity index (χ4v) is 5.30. The molecule has 2 aliphatic heterocycles. The first kappa shape index (κ1) is 23.1. The van der Waals surface area contributed by atoms with Crippen LogP contribution >= 0.6 is 11.6 Å². The second-order valence-electron chi connectivity index (χ2n) is 9.13. The van der Waals surface area contributed by atoms with E-state index in [0.29, 0.717) is 47.3 Å². The maximum Gasteiger partial charge on any atom is 0.225 e. The van der Waals surface area contributed by atoms with Crippen LogP contribution in [0.1, 0.15) is 46.6 Å². The molecule has 8 heteroatoms. The summed E-state index contributed by atoms with van der Waals surface area (Å²) >= 11 is 6.74. The number of halogens is 1. The third-order valence-electron chi connectivity index (χ3n) is 7.05. The first-order valence-corrected chi connectivity index (χ1v) is 11.7. The molecule has 1 saturated carbocycles. The van der Waals surface area contributed by atoms with Crippen molar-refractivity contribution in [2.24, 2.45) is 0 Å². The van der Waals surface area contributed by atoms with E-state index in [1.807, 2.05) is 6.07 Å². The number of hydrogen-bond donors (Lipinski definition) is 4. The number of fused-ring (bicyclic) bond motifs is 1. The fourth-order valence-electron chi connectivity index (χ4n) is 5.01. The van der Waals surface area contributed by atoms with E-state index in [0.717, 1.165) is 11.1 Å². The first-order valence-electron chi connectivity index (χ1n) is 11.3. The lowest BCUT2D eigenvalue weighted by molar-refractivity contribution is -0.366. The summed E-state index contributed by atoms with van der Waals surface area (Å²) in [5.74, 6) is -0.624. The fraction of sp³-hybridized carbons (Fsp3) is 0.520. The van der Waals surface area contributed by atoms with Gasteiger partial charge in [-0.1, -0.05) is 35.9 Å². The zero-order chi connectivity index (χ0) is 23.3. The van der Waals surface area contributed by atoms with Gasteiger partial charge in [-0.25, -0.2) is 0 Å². The summed E-state index contributed by atoms with van der Waals surface area (Å²) in [6, 6.07) is 10.3. The molecule has 2 aromatic carbocycles. The number of rotatable bonds is 6. The Bertz CT molecular complexity index is 1020. The molecular formula is C25H29ClO7. The second kappa shape index (κ2) is 8.82. The number of benzene rings is 2. The molecule has 1 saturated heterocycles. The molecule has 0 spiro atoms. The Hall–Kier alpha value is -1.71. The van der Waals surface area contributed by atoms with E-state index in [1.54, 1.807) is 0 Å².